The van der Waals surface area contributed by atoms with E-state index >= 15 is 0 Å². The molecule has 0 aliphatic heterocycles. The fraction of sp³-hybridized carbons (Fsp3) is 0.500. The highest BCUT2D eigenvalue weighted by molar-refractivity contribution is 5.63. The van der Waals surface area contributed by atoms with Gasteiger partial charge in [-0.25, -0.2) is 0 Å². The van der Waals surface area contributed by atoms with Crippen LogP contribution < -0.4 is 0 Å². The SMILES string of the molecule is CC(C)(C)C1=CC(C=O)C=C1. The first kappa shape index (κ1) is 8.25. The van der Waals surface area contributed by atoms with E-state index in [9.17, 15) is 4.79 Å². The molecule has 1 heteroatoms. The van der Waals surface area contributed by atoms with Crippen LogP contribution in [0.2, 0.25) is 0 Å². The minimum absolute atomic E-state index is 0.0178. The molecule has 11 heavy (non-hydrogen) atoms. The van der Waals surface area contributed by atoms with Crippen LogP contribution in [0.5, 0.6) is 0 Å². The maximum atomic E-state index is 10.4. The fourth-order valence-electron chi connectivity index (χ4n) is 1.12. The van der Waals surface area contributed by atoms with Crippen LogP contribution in [0.15, 0.2) is 23.8 Å². The lowest BCUT2D eigenvalue weighted by Gasteiger charge is -2.18. The third kappa shape index (κ3) is 1.79. The van der Waals surface area contributed by atoms with Crippen molar-refractivity contribution in [1.29, 1.82) is 0 Å². The van der Waals surface area contributed by atoms with Gasteiger partial charge in [-0.1, -0.05) is 39.0 Å². The van der Waals surface area contributed by atoms with Gasteiger partial charge in [-0.3, -0.25) is 0 Å². The third-order valence-corrected chi connectivity index (χ3v) is 1.89. The minimum atomic E-state index is 0.0178. The van der Waals surface area contributed by atoms with Crippen LogP contribution in [-0.2, 0) is 4.79 Å². The lowest BCUT2D eigenvalue weighted by atomic mass is 9.87. The Balaban J connectivity index is 2.79. The number of carbonyl (C=O) groups is 1. The zero-order valence-electron chi connectivity index (χ0n) is 7.29. The first-order valence-corrected chi connectivity index (χ1v) is 3.90. The Morgan fingerprint density at radius 2 is 2.09 bits per heavy atom. The van der Waals surface area contributed by atoms with Gasteiger partial charge < -0.3 is 4.79 Å². The summed E-state index contributed by atoms with van der Waals surface area (Å²) >= 11 is 0. The van der Waals surface area contributed by atoms with Gasteiger partial charge in [-0.2, -0.15) is 0 Å². The smallest absolute Gasteiger partial charge is 0.130 e. The van der Waals surface area contributed by atoms with Crippen molar-refractivity contribution in [2.45, 2.75) is 20.8 Å². The lowest BCUT2D eigenvalue weighted by molar-refractivity contribution is -0.108. The Kier molecular flexibility index (Phi) is 1.99. The molecule has 1 aliphatic carbocycles. The molecule has 1 rings (SSSR count). The van der Waals surface area contributed by atoms with Crippen LogP contribution >= 0.6 is 0 Å². The average molecular weight is 150 g/mol. The van der Waals surface area contributed by atoms with E-state index in [0.717, 1.165) is 6.29 Å². The molecule has 60 valence electrons. The monoisotopic (exact) mass is 150 g/mol. The van der Waals surface area contributed by atoms with Gasteiger partial charge in [0, 0.05) is 0 Å². The quantitative estimate of drug-likeness (QED) is 0.524. The summed E-state index contributed by atoms with van der Waals surface area (Å²) in [4.78, 5) is 10.4. The Hall–Kier alpha value is -0.850. The van der Waals surface area contributed by atoms with Crippen molar-refractivity contribution in [2.75, 3.05) is 0 Å². The molecular formula is C10H14O. The van der Waals surface area contributed by atoms with E-state index in [0.29, 0.717) is 0 Å². The summed E-state index contributed by atoms with van der Waals surface area (Å²) < 4.78 is 0. The highest BCUT2D eigenvalue weighted by Gasteiger charge is 2.19. The Morgan fingerprint density at radius 3 is 2.36 bits per heavy atom. The fourth-order valence-corrected chi connectivity index (χ4v) is 1.12. The summed E-state index contributed by atoms with van der Waals surface area (Å²) in [6, 6.07) is 0. The van der Waals surface area contributed by atoms with Crippen molar-refractivity contribution in [3.63, 3.8) is 0 Å². The van der Waals surface area contributed by atoms with E-state index in [-0.39, 0.29) is 11.3 Å². The number of hydrogen-bond donors (Lipinski definition) is 0. The maximum absolute atomic E-state index is 10.4. The number of carbonyl (C=O) groups excluding carboxylic acids is 1. The second-order valence-corrected chi connectivity index (χ2v) is 3.94. The molecule has 1 unspecified atom stereocenters. The summed E-state index contributed by atoms with van der Waals surface area (Å²) in [7, 11) is 0. The molecule has 1 aliphatic rings. The third-order valence-electron chi connectivity index (χ3n) is 1.89. The van der Waals surface area contributed by atoms with E-state index in [4.69, 9.17) is 0 Å². The van der Waals surface area contributed by atoms with Crippen LogP contribution in [0.4, 0.5) is 0 Å². The largest absolute Gasteiger partial charge is 0.302 e. The Bertz CT molecular complexity index is 216. The van der Waals surface area contributed by atoms with Crippen molar-refractivity contribution >= 4 is 6.29 Å². The van der Waals surface area contributed by atoms with Crippen LogP contribution in [0, 0.1) is 11.3 Å². The first-order chi connectivity index (χ1) is 5.04. The van der Waals surface area contributed by atoms with Gasteiger partial charge in [-0.15, -0.1) is 0 Å². The Labute approximate surface area is 67.8 Å². The van der Waals surface area contributed by atoms with E-state index in [1.54, 1.807) is 0 Å². The molecule has 0 saturated heterocycles. The van der Waals surface area contributed by atoms with Gasteiger partial charge in [-0.05, 0) is 11.0 Å². The Morgan fingerprint density at radius 1 is 1.45 bits per heavy atom. The van der Waals surface area contributed by atoms with Gasteiger partial charge in [0.2, 0.25) is 0 Å². The van der Waals surface area contributed by atoms with Gasteiger partial charge in [0.15, 0.2) is 0 Å². The molecule has 0 saturated carbocycles. The molecule has 0 radical (unpaired) electrons. The summed E-state index contributed by atoms with van der Waals surface area (Å²) in [5.74, 6) is 0.0178. The molecule has 0 aromatic rings. The normalized spacial score (nSPS) is 23.5. The van der Waals surface area contributed by atoms with E-state index in [1.807, 2.05) is 18.2 Å². The number of rotatable bonds is 1. The molecule has 0 fully saturated rings. The first-order valence-electron chi connectivity index (χ1n) is 3.90. The topological polar surface area (TPSA) is 17.1 Å². The second-order valence-electron chi connectivity index (χ2n) is 3.94. The van der Waals surface area contributed by atoms with Crippen molar-refractivity contribution in [2.24, 2.45) is 11.3 Å². The zero-order valence-corrected chi connectivity index (χ0v) is 7.29. The predicted octanol–water partition coefficient (Wildman–Crippen LogP) is 2.34. The van der Waals surface area contributed by atoms with Gasteiger partial charge in [0.05, 0.1) is 5.92 Å². The minimum Gasteiger partial charge on any atom is -0.302 e. The van der Waals surface area contributed by atoms with E-state index < -0.39 is 0 Å². The molecule has 0 aromatic carbocycles. The van der Waals surface area contributed by atoms with Crippen LogP contribution in [0.3, 0.4) is 0 Å². The molecule has 0 N–H and O–H groups in total. The van der Waals surface area contributed by atoms with Crippen molar-refractivity contribution < 1.29 is 4.79 Å². The highest BCUT2D eigenvalue weighted by Crippen LogP contribution is 2.30. The highest BCUT2D eigenvalue weighted by atomic mass is 16.1. The molecular weight excluding hydrogens is 136 g/mol. The lowest BCUT2D eigenvalue weighted by Crippen LogP contribution is -2.06. The summed E-state index contributed by atoms with van der Waals surface area (Å²) in [6.45, 7) is 6.45. The average Bonchev–Trinajstić information content (AvgIpc) is 2.32. The number of aldehydes is 1. The van der Waals surface area contributed by atoms with Crippen LogP contribution in [0.25, 0.3) is 0 Å². The van der Waals surface area contributed by atoms with Gasteiger partial charge >= 0.3 is 0 Å². The summed E-state index contributed by atoms with van der Waals surface area (Å²) in [5, 5.41) is 0. The van der Waals surface area contributed by atoms with Crippen molar-refractivity contribution in [3.8, 4) is 0 Å². The summed E-state index contributed by atoms with van der Waals surface area (Å²) in [6.07, 6.45) is 6.97. The molecule has 0 bridgehead atoms. The van der Waals surface area contributed by atoms with E-state index in [2.05, 4.69) is 20.8 Å². The van der Waals surface area contributed by atoms with Crippen molar-refractivity contribution in [3.05, 3.63) is 23.8 Å². The number of allylic oxidation sites excluding steroid dienone is 4. The maximum Gasteiger partial charge on any atom is 0.130 e. The summed E-state index contributed by atoms with van der Waals surface area (Å²) in [5.41, 5.74) is 1.43. The molecule has 0 amide bonds. The second kappa shape index (κ2) is 2.65. The van der Waals surface area contributed by atoms with Gasteiger partial charge in [0.25, 0.3) is 0 Å². The molecule has 0 heterocycles. The molecule has 1 nitrogen and oxygen atoms in total. The molecule has 1 atom stereocenters. The van der Waals surface area contributed by atoms with Crippen LogP contribution in [-0.4, -0.2) is 6.29 Å². The zero-order chi connectivity index (χ0) is 8.48. The number of hydrogen-bond acceptors (Lipinski definition) is 1. The van der Waals surface area contributed by atoms with Gasteiger partial charge in [0.1, 0.15) is 6.29 Å². The standard InChI is InChI=1S/C10H14O/c1-10(2,3)9-5-4-8(6-9)7-11/h4-8H,1-3H3. The molecule has 0 aromatic heterocycles. The van der Waals surface area contributed by atoms with Crippen LogP contribution in [0.1, 0.15) is 20.8 Å². The van der Waals surface area contributed by atoms with Crippen molar-refractivity contribution in [1.82, 2.24) is 0 Å². The molecule has 0 spiro atoms. The predicted molar refractivity (Wildman–Crippen MR) is 46.2 cm³/mol. The van der Waals surface area contributed by atoms with E-state index in [1.165, 1.54) is 5.57 Å².